The molecule has 2 aromatic rings. The van der Waals surface area contributed by atoms with Crippen molar-refractivity contribution in [2.75, 3.05) is 43.4 Å². The number of rotatable bonds is 3. The molecule has 1 aromatic carbocycles. The molecule has 2 heterocycles. The summed E-state index contributed by atoms with van der Waals surface area (Å²) in [5.74, 6) is 0. The molecule has 5 nitrogen and oxygen atoms in total. The van der Waals surface area contributed by atoms with Crippen LogP contribution >= 0.6 is 0 Å². The van der Waals surface area contributed by atoms with E-state index in [1.807, 2.05) is 12.3 Å². The summed E-state index contributed by atoms with van der Waals surface area (Å²) in [5, 5.41) is 8.15. The number of nitrogens with zero attached hydrogens (tertiary/aromatic N) is 3. The highest BCUT2D eigenvalue weighted by Gasteiger charge is 2.18. The van der Waals surface area contributed by atoms with Crippen LogP contribution in [0.3, 0.4) is 0 Å². The van der Waals surface area contributed by atoms with Crippen LogP contribution in [0.1, 0.15) is 13.3 Å². The topological polar surface area (TPSA) is 61.2 Å². The number of aromatic amines is 1. The van der Waals surface area contributed by atoms with E-state index < -0.39 is 0 Å². The smallest absolute Gasteiger partial charge is 0.0672 e. The van der Waals surface area contributed by atoms with E-state index in [0.717, 1.165) is 48.5 Å². The molecule has 0 unspecified atom stereocenters. The highest BCUT2D eigenvalue weighted by Crippen LogP contribution is 2.28. The first-order valence-electron chi connectivity index (χ1n) is 6.98. The van der Waals surface area contributed by atoms with Crippen molar-refractivity contribution in [3.8, 4) is 0 Å². The molecule has 0 saturated carbocycles. The lowest BCUT2D eigenvalue weighted by molar-refractivity contribution is 0.258. The Bertz CT molecular complexity index is 554. The molecule has 5 heteroatoms. The van der Waals surface area contributed by atoms with Crippen LogP contribution in [-0.2, 0) is 0 Å². The Morgan fingerprint density at radius 3 is 2.79 bits per heavy atom. The van der Waals surface area contributed by atoms with Gasteiger partial charge in [-0.1, -0.05) is 6.92 Å². The molecule has 3 N–H and O–H groups in total. The van der Waals surface area contributed by atoms with E-state index in [0.29, 0.717) is 0 Å². The van der Waals surface area contributed by atoms with Gasteiger partial charge in [0, 0.05) is 31.6 Å². The van der Waals surface area contributed by atoms with Gasteiger partial charge in [-0.05, 0) is 25.1 Å². The van der Waals surface area contributed by atoms with E-state index in [2.05, 4.69) is 33.0 Å². The Balaban J connectivity index is 1.79. The molecule has 1 aliphatic rings. The fourth-order valence-corrected chi connectivity index (χ4v) is 2.80. The van der Waals surface area contributed by atoms with Gasteiger partial charge < -0.3 is 10.6 Å². The summed E-state index contributed by atoms with van der Waals surface area (Å²) in [6.45, 7) is 7.76. The van der Waals surface area contributed by atoms with Crippen LogP contribution in [-0.4, -0.2) is 47.8 Å². The van der Waals surface area contributed by atoms with E-state index >= 15 is 0 Å². The zero-order valence-electron chi connectivity index (χ0n) is 11.4. The van der Waals surface area contributed by atoms with Crippen LogP contribution in [0, 0.1) is 0 Å². The van der Waals surface area contributed by atoms with Crippen molar-refractivity contribution in [1.29, 1.82) is 0 Å². The fraction of sp³-hybridized carbons (Fsp3) is 0.500. The molecule has 19 heavy (non-hydrogen) atoms. The molecular weight excluding hydrogens is 238 g/mol. The van der Waals surface area contributed by atoms with Gasteiger partial charge in [-0.25, -0.2) is 0 Å². The largest absolute Gasteiger partial charge is 0.397 e. The maximum Gasteiger partial charge on any atom is 0.0672 e. The predicted molar refractivity (Wildman–Crippen MR) is 79.5 cm³/mol. The zero-order chi connectivity index (χ0) is 13.2. The molecule has 0 aliphatic carbocycles. The number of nitrogens with two attached hydrogens (primary N) is 1. The minimum absolute atomic E-state index is 0.845. The third kappa shape index (κ3) is 2.38. The van der Waals surface area contributed by atoms with Crippen LogP contribution in [0.5, 0.6) is 0 Å². The van der Waals surface area contributed by atoms with Crippen LogP contribution in [0.2, 0.25) is 0 Å². The lowest BCUT2D eigenvalue weighted by Crippen LogP contribution is -2.46. The summed E-state index contributed by atoms with van der Waals surface area (Å²) >= 11 is 0. The average Bonchev–Trinajstić information content (AvgIpc) is 2.86. The summed E-state index contributed by atoms with van der Waals surface area (Å²) < 4.78 is 0. The number of piperazine rings is 1. The van der Waals surface area contributed by atoms with Gasteiger partial charge in [-0.2, -0.15) is 5.10 Å². The van der Waals surface area contributed by atoms with Crippen LogP contribution in [0.25, 0.3) is 10.9 Å². The van der Waals surface area contributed by atoms with Crippen molar-refractivity contribution in [1.82, 2.24) is 15.1 Å². The van der Waals surface area contributed by atoms with Crippen LogP contribution in [0.15, 0.2) is 18.3 Å². The highest BCUT2D eigenvalue weighted by atomic mass is 15.3. The normalized spacial score (nSPS) is 17.2. The van der Waals surface area contributed by atoms with E-state index in [4.69, 9.17) is 5.73 Å². The van der Waals surface area contributed by atoms with Crippen molar-refractivity contribution in [3.05, 3.63) is 18.3 Å². The maximum absolute atomic E-state index is 6.17. The maximum atomic E-state index is 6.17. The summed E-state index contributed by atoms with van der Waals surface area (Å²) in [7, 11) is 0. The van der Waals surface area contributed by atoms with Gasteiger partial charge in [0.2, 0.25) is 0 Å². The van der Waals surface area contributed by atoms with Crippen molar-refractivity contribution >= 4 is 22.3 Å². The molecule has 102 valence electrons. The summed E-state index contributed by atoms with van der Waals surface area (Å²) in [4.78, 5) is 4.89. The van der Waals surface area contributed by atoms with Crippen LogP contribution < -0.4 is 10.6 Å². The Morgan fingerprint density at radius 2 is 2.05 bits per heavy atom. The molecule has 0 bridgehead atoms. The van der Waals surface area contributed by atoms with E-state index in [-0.39, 0.29) is 0 Å². The van der Waals surface area contributed by atoms with Gasteiger partial charge in [0.15, 0.2) is 0 Å². The number of H-pyrrole nitrogens is 1. The second-order valence-corrected chi connectivity index (χ2v) is 5.20. The number of benzene rings is 1. The minimum atomic E-state index is 0.845. The fourth-order valence-electron chi connectivity index (χ4n) is 2.80. The van der Waals surface area contributed by atoms with Crippen molar-refractivity contribution < 1.29 is 0 Å². The van der Waals surface area contributed by atoms with Gasteiger partial charge in [0.1, 0.15) is 0 Å². The lowest BCUT2D eigenvalue weighted by Gasteiger charge is -2.36. The summed E-state index contributed by atoms with van der Waals surface area (Å²) in [6.07, 6.45) is 3.04. The van der Waals surface area contributed by atoms with E-state index in [1.165, 1.54) is 13.0 Å². The molecule has 1 saturated heterocycles. The summed E-state index contributed by atoms with van der Waals surface area (Å²) in [6, 6.07) is 4.12. The van der Waals surface area contributed by atoms with E-state index in [1.54, 1.807) is 0 Å². The molecular formula is C14H21N5. The number of hydrogen-bond acceptors (Lipinski definition) is 4. The minimum Gasteiger partial charge on any atom is -0.397 e. The Hall–Kier alpha value is -1.75. The Labute approximate surface area is 113 Å². The number of aromatic nitrogens is 2. The van der Waals surface area contributed by atoms with Crippen LogP contribution in [0.4, 0.5) is 11.4 Å². The molecule has 0 amide bonds. The molecule has 3 rings (SSSR count). The summed E-state index contributed by atoms with van der Waals surface area (Å²) in [5.41, 5.74) is 9.21. The lowest BCUT2D eigenvalue weighted by atomic mass is 10.1. The quantitative estimate of drug-likeness (QED) is 0.823. The first-order valence-corrected chi connectivity index (χ1v) is 6.98. The van der Waals surface area contributed by atoms with Gasteiger partial charge in [-0.15, -0.1) is 0 Å². The van der Waals surface area contributed by atoms with Gasteiger partial charge in [-0.3, -0.25) is 10.00 Å². The van der Waals surface area contributed by atoms with Gasteiger partial charge in [0.25, 0.3) is 0 Å². The number of nitrogens with one attached hydrogen (secondary N) is 1. The first kappa shape index (κ1) is 12.3. The molecule has 1 fully saturated rings. The van der Waals surface area contributed by atoms with E-state index in [9.17, 15) is 0 Å². The van der Waals surface area contributed by atoms with Gasteiger partial charge >= 0.3 is 0 Å². The van der Waals surface area contributed by atoms with Gasteiger partial charge in [0.05, 0.1) is 23.1 Å². The number of fused-ring (bicyclic) bond motifs is 1. The van der Waals surface area contributed by atoms with Crippen molar-refractivity contribution in [3.63, 3.8) is 0 Å². The van der Waals surface area contributed by atoms with Crippen molar-refractivity contribution in [2.24, 2.45) is 0 Å². The molecule has 0 atom stereocenters. The highest BCUT2D eigenvalue weighted by molar-refractivity contribution is 5.88. The number of nitrogen functional groups attached to an aromatic ring is 1. The molecule has 0 radical (unpaired) electrons. The average molecular weight is 259 g/mol. The third-order valence-electron chi connectivity index (χ3n) is 3.84. The molecule has 0 spiro atoms. The number of hydrogen-bond donors (Lipinski definition) is 2. The monoisotopic (exact) mass is 259 g/mol. The zero-order valence-corrected chi connectivity index (χ0v) is 11.4. The number of anilines is 2. The van der Waals surface area contributed by atoms with Crippen molar-refractivity contribution in [2.45, 2.75) is 13.3 Å². The predicted octanol–water partition coefficient (Wildman–Crippen LogP) is 1.68. The first-order chi connectivity index (χ1) is 9.28. The second-order valence-electron chi connectivity index (χ2n) is 5.20. The molecule has 1 aromatic heterocycles. The Morgan fingerprint density at radius 1 is 1.26 bits per heavy atom. The Kier molecular flexibility index (Phi) is 3.29. The SMILES string of the molecule is CCCN1CCN(c2cc3[nH]ncc3cc2N)CC1. The standard InChI is InChI=1S/C14H21N5/c1-2-3-18-4-6-19(7-5-18)14-9-13-11(8-12(14)15)10-16-17-13/h8-10H,2-7,15H2,1H3,(H,16,17). The molecule has 1 aliphatic heterocycles. The third-order valence-corrected chi connectivity index (χ3v) is 3.84. The second kappa shape index (κ2) is 5.09.